The van der Waals surface area contributed by atoms with E-state index in [0.717, 1.165) is 13.0 Å². The lowest BCUT2D eigenvalue weighted by atomic mass is 10.2. The first-order valence-electron chi connectivity index (χ1n) is 7.23. The second-order valence-electron chi connectivity index (χ2n) is 4.47. The maximum Gasteiger partial charge on any atom is 0.300 e. The number of anilines is 1. The van der Waals surface area contributed by atoms with Crippen LogP contribution < -0.4 is 14.8 Å². The van der Waals surface area contributed by atoms with Crippen LogP contribution in [0.4, 0.5) is 10.8 Å². The molecule has 0 bridgehead atoms. The van der Waals surface area contributed by atoms with Gasteiger partial charge >= 0.3 is 0 Å². The topological polar surface area (TPSA) is 86.5 Å². The van der Waals surface area contributed by atoms with E-state index in [0.29, 0.717) is 40.1 Å². The maximum atomic E-state index is 11.3. The average Bonchev–Trinajstić information content (AvgIpc) is 2.91. The van der Waals surface area contributed by atoms with Crippen molar-refractivity contribution in [2.45, 2.75) is 27.2 Å². The summed E-state index contributed by atoms with van der Waals surface area (Å²) < 4.78 is 11.8. The van der Waals surface area contributed by atoms with Crippen LogP contribution in [0.1, 0.15) is 27.2 Å². The summed E-state index contributed by atoms with van der Waals surface area (Å²) in [6.45, 7) is 7.34. The second-order valence-corrected chi connectivity index (χ2v) is 5.47. The normalized spacial score (nSPS) is 10.7. The van der Waals surface area contributed by atoms with Crippen LogP contribution in [0.2, 0.25) is 0 Å². The molecule has 0 radical (unpaired) electrons. The predicted octanol–water partition coefficient (Wildman–Crippen LogP) is 3.82. The summed E-state index contributed by atoms with van der Waals surface area (Å²) in [5, 5.41) is 15.1. The van der Waals surface area contributed by atoms with Crippen molar-refractivity contribution in [3.63, 3.8) is 0 Å². The SMILES string of the molecule is CCCNc1nc2c([N+](=O)[O-])cc(OCC)c(OCC)c2s1. The molecular weight excluding hydrogens is 306 g/mol. The van der Waals surface area contributed by atoms with Crippen LogP contribution >= 0.6 is 11.3 Å². The van der Waals surface area contributed by atoms with Gasteiger partial charge in [0.15, 0.2) is 22.1 Å². The van der Waals surface area contributed by atoms with Crippen LogP contribution in [0.3, 0.4) is 0 Å². The molecule has 0 aliphatic heterocycles. The quantitative estimate of drug-likeness (QED) is 0.586. The lowest BCUT2D eigenvalue weighted by Crippen LogP contribution is -2.00. The molecule has 22 heavy (non-hydrogen) atoms. The van der Waals surface area contributed by atoms with E-state index in [1.807, 2.05) is 20.8 Å². The van der Waals surface area contributed by atoms with Gasteiger partial charge in [0.25, 0.3) is 5.69 Å². The summed E-state index contributed by atoms with van der Waals surface area (Å²) in [7, 11) is 0. The number of fused-ring (bicyclic) bond motifs is 1. The highest BCUT2D eigenvalue weighted by Crippen LogP contribution is 2.45. The average molecular weight is 325 g/mol. The Morgan fingerprint density at radius 2 is 2.05 bits per heavy atom. The van der Waals surface area contributed by atoms with Gasteiger partial charge in [0.05, 0.1) is 24.2 Å². The molecule has 2 rings (SSSR count). The number of aromatic nitrogens is 1. The minimum absolute atomic E-state index is 0.0669. The van der Waals surface area contributed by atoms with E-state index in [1.165, 1.54) is 17.4 Å². The first-order chi connectivity index (χ1) is 10.6. The van der Waals surface area contributed by atoms with Gasteiger partial charge in [-0.15, -0.1) is 0 Å². The zero-order valence-corrected chi connectivity index (χ0v) is 13.7. The van der Waals surface area contributed by atoms with Crippen molar-refractivity contribution >= 4 is 32.4 Å². The van der Waals surface area contributed by atoms with Crippen molar-refractivity contribution in [1.82, 2.24) is 4.98 Å². The molecule has 2 aromatic rings. The molecule has 0 aliphatic rings. The largest absolute Gasteiger partial charge is 0.490 e. The lowest BCUT2D eigenvalue weighted by molar-refractivity contribution is -0.383. The number of rotatable bonds is 8. The number of hydrogen-bond acceptors (Lipinski definition) is 7. The first kappa shape index (κ1) is 16.3. The van der Waals surface area contributed by atoms with E-state index < -0.39 is 4.92 Å². The molecule has 0 saturated heterocycles. The van der Waals surface area contributed by atoms with Crippen LogP contribution in [0.5, 0.6) is 11.5 Å². The molecule has 0 atom stereocenters. The number of ether oxygens (including phenoxy) is 2. The monoisotopic (exact) mass is 325 g/mol. The van der Waals surface area contributed by atoms with Gasteiger partial charge in [-0.05, 0) is 20.3 Å². The fourth-order valence-electron chi connectivity index (χ4n) is 2.01. The van der Waals surface area contributed by atoms with Gasteiger partial charge in [0.1, 0.15) is 4.70 Å². The zero-order chi connectivity index (χ0) is 16.1. The smallest absolute Gasteiger partial charge is 0.300 e. The Morgan fingerprint density at radius 1 is 1.32 bits per heavy atom. The van der Waals surface area contributed by atoms with Crippen molar-refractivity contribution in [2.24, 2.45) is 0 Å². The molecule has 0 saturated carbocycles. The minimum atomic E-state index is -0.441. The molecular formula is C14H19N3O4S. The predicted molar refractivity (Wildman–Crippen MR) is 87.4 cm³/mol. The first-order valence-corrected chi connectivity index (χ1v) is 8.05. The molecule has 0 amide bonds. The molecule has 120 valence electrons. The van der Waals surface area contributed by atoms with Gasteiger partial charge in [0, 0.05) is 6.54 Å². The summed E-state index contributed by atoms with van der Waals surface area (Å²) in [4.78, 5) is 15.2. The Balaban J connectivity index is 2.64. The van der Waals surface area contributed by atoms with E-state index in [2.05, 4.69) is 10.3 Å². The Bertz CT molecular complexity index is 672. The van der Waals surface area contributed by atoms with E-state index >= 15 is 0 Å². The molecule has 0 aliphatic carbocycles. The van der Waals surface area contributed by atoms with Gasteiger partial charge < -0.3 is 14.8 Å². The maximum absolute atomic E-state index is 11.3. The van der Waals surface area contributed by atoms with E-state index in [-0.39, 0.29) is 5.69 Å². The molecule has 0 unspecified atom stereocenters. The number of non-ortho nitro benzene ring substituents is 1. The Kier molecular flexibility index (Phi) is 5.37. The Morgan fingerprint density at radius 3 is 2.64 bits per heavy atom. The number of nitrogens with zero attached hydrogens (tertiary/aromatic N) is 2. The fourth-order valence-corrected chi connectivity index (χ4v) is 3.01. The van der Waals surface area contributed by atoms with Crippen LogP contribution in [0.15, 0.2) is 6.07 Å². The summed E-state index contributed by atoms with van der Waals surface area (Å²) in [5.74, 6) is 0.904. The molecule has 7 nitrogen and oxygen atoms in total. The van der Waals surface area contributed by atoms with Crippen molar-refractivity contribution in [1.29, 1.82) is 0 Å². The minimum Gasteiger partial charge on any atom is -0.490 e. The van der Waals surface area contributed by atoms with Gasteiger partial charge in [-0.3, -0.25) is 10.1 Å². The van der Waals surface area contributed by atoms with Crippen LogP contribution in [-0.4, -0.2) is 29.7 Å². The summed E-state index contributed by atoms with van der Waals surface area (Å²) >= 11 is 1.34. The number of nitrogens with one attached hydrogen (secondary N) is 1. The summed E-state index contributed by atoms with van der Waals surface area (Å²) in [5.41, 5.74) is 0.267. The number of benzene rings is 1. The molecule has 8 heteroatoms. The Hall–Kier alpha value is -2.09. The standard InChI is InChI=1S/C14H19N3O4S/c1-4-7-15-14-16-11-9(17(18)19)8-10(20-5-2)12(21-6-3)13(11)22-14/h8H,4-7H2,1-3H3,(H,15,16). The summed E-state index contributed by atoms with van der Waals surface area (Å²) in [6.07, 6.45) is 0.945. The zero-order valence-electron chi connectivity index (χ0n) is 12.8. The number of thiazole rings is 1. The van der Waals surface area contributed by atoms with Crippen molar-refractivity contribution in [3.8, 4) is 11.5 Å². The van der Waals surface area contributed by atoms with E-state index in [9.17, 15) is 10.1 Å². The van der Waals surface area contributed by atoms with Crippen molar-refractivity contribution in [3.05, 3.63) is 16.2 Å². The molecule has 1 heterocycles. The van der Waals surface area contributed by atoms with Gasteiger partial charge in [-0.2, -0.15) is 0 Å². The molecule has 1 aromatic heterocycles. The van der Waals surface area contributed by atoms with Gasteiger partial charge in [-0.25, -0.2) is 4.98 Å². The van der Waals surface area contributed by atoms with E-state index in [4.69, 9.17) is 9.47 Å². The third-order valence-corrected chi connectivity index (χ3v) is 3.89. The van der Waals surface area contributed by atoms with Crippen LogP contribution in [0, 0.1) is 10.1 Å². The van der Waals surface area contributed by atoms with Gasteiger partial charge in [0.2, 0.25) is 0 Å². The fraction of sp³-hybridized carbons (Fsp3) is 0.500. The number of nitro groups is 1. The highest BCUT2D eigenvalue weighted by Gasteiger charge is 2.25. The van der Waals surface area contributed by atoms with Crippen LogP contribution in [0.25, 0.3) is 10.2 Å². The highest BCUT2D eigenvalue weighted by atomic mass is 32.1. The molecule has 0 fully saturated rings. The summed E-state index contributed by atoms with van der Waals surface area (Å²) in [6, 6.07) is 1.39. The number of nitro benzene ring substituents is 1. The second kappa shape index (κ2) is 7.26. The molecule has 0 spiro atoms. The molecule has 1 aromatic carbocycles. The molecule has 1 N–H and O–H groups in total. The van der Waals surface area contributed by atoms with Gasteiger partial charge in [-0.1, -0.05) is 18.3 Å². The van der Waals surface area contributed by atoms with Crippen LogP contribution in [-0.2, 0) is 0 Å². The highest BCUT2D eigenvalue weighted by molar-refractivity contribution is 7.22. The van der Waals surface area contributed by atoms with Crippen molar-refractivity contribution in [2.75, 3.05) is 25.1 Å². The number of hydrogen-bond donors (Lipinski definition) is 1. The van der Waals surface area contributed by atoms with Crippen molar-refractivity contribution < 1.29 is 14.4 Å². The lowest BCUT2D eigenvalue weighted by Gasteiger charge is -2.11. The third kappa shape index (κ3) is 3.22. The third-order valence-electron chi connectivity index (χ3n) is 2.88. The van der Waals surface area contributed by atoms with E-state index in [1.54, 1.807) is 0 Å². The Labute approximate surface area is 132 Å².